The molecule has 0 aliphatic carbocycles. The largest absolute Gasteiger partial charge is 0.462 e. The number of hydrogen-bond acceptors (Lipinski definition) is 6. The van der Waals surface area contributed by atoms with E-state index in [1.54, 1.807) is 0 Å². The van der Waals surface area contributed by atoms with E-state index in [0.29, 0.717) is 19.3 Å². The fourth-order valence-electron chi connectivity index (χ4n) is 7.46. The molecule has 0 aliphatic rings. The molecular formula is C63H104O6. The monoisotopic (exact) mass is 957 g/mol. The Morgan fingerprint density at radius 2 is 0.580 bits per heavy atom. The van der Waals surface area contributed by atoms with Crippen LogP contribution in [0.5, 0.6) is 0 Å². The van der Waals surface area contributed by atoms with Crippen LogP contribution in [-0.4, -0.2) is 37.2 Å². The highest BCUT2D eigenvalue weighted by atomic mass is 16.6. The van der Waals surface area contributed by atoms with E-state index in [2.05, 4.69) is 130 Å². The van der Waals surface area contributed by atoms with Gasteiger partial charge in [0.05, 0.1) is 0 Å². The third-order valence-corrected chi connectivity index (χ3v) is 11.7. The maximum Gasteiger partial charge on any atom is 0.306 e. The maximum atomic E-state index is 12.8. The molecule has 0 bridgehead atoms. The molecule has 0 saturated heterocycles. The lowest BCUT2D eigenvalue weighted by Crippen LogP contribution is -2.30. The summed E-state index contributed by atoms with van der Waals surface area (Å²) in [6.07, 6.45) is 76.5. The van der Waals surface area contributed by atoms with Crippen LogP contribution < -0.4 is 0 Å². The van der Waals surface area contributed by atoms with Crippen LogP contribution in [0.4, 0.5) is 0 Å². The number of unbranched alkanes of at least 4 members (excludes halogenated alkanes) is 21. The Labute approximate surface area is 425 Å². The third-order valence-electron chi connectivity index (χ3n) is 11.7. The summed E-state index contributed by atoms with van der Waals surface area (Å²) in [4.78, 5) is 38.1. The smallest absolute Gasteiger partial charge is 0.306 e. The van der Waals surface area contributed by atoms with Gasteiger partial charge < -0.3 is 14.2 Å². The second kappa shape index (κ2) is 56.7. The minimum absolute atomic E-state index is 0.0943. The zero-order valence-electron chi connectivity index (χ0n) is 44.8. The van der Waals surface area contributed by atoms with Gasteiger partial charge in [-0.2, -0.15) is 0 Å². The Kier molecular flexibility index (Phi) is 53.4. The van der Waals surface area contributed by atoms with Gasteiger partial charge in [0.1, 0.15) is 13.2 Å². The summed E-state index contributed by atoms with van der Waals surface area (Å²) in [7, 11) is 0. The molecule has 0 rings (SSSR count). The van der Waals surface area contributed by atoms with Crippen LogP contribution >= 0.6 is 0 Å². The van der Waals surface area contributed by atoms with Crippen LogP contribution in [0.15, 0.2) is 109 Å². The van der Waals surface area contributed by atoms with Gasteiger partial charge in [-0.25, -0.2) is 0 Å². The highest BCUT2D eigenvalue weighted by molar-refractivity contribution is 5.71. The normalized spacial score (nSPS) is 12.9. The summed E-state index contributed by atoms with van der Waals surface area (Å²) in [5, 5.41) is 0. The van der Waals surface area contributed by atoms with Gasteiger partial charge in [0.2, 0.25) is 0 Å². The van der Waals surface area contributed by atoms with Crippen molar-refractivity contribution in [3.8, 4) is 0 Å². The molecule has 6 heteroatoms. The summed E-state index contributed by atoms with van der Waals surface area (Å²) in [6, 6.07) is 0. The number of hydrogen-bond donors (Lipinski definition) is 0. The first-order chi connectivity index (χ1) is 34.0. The van der Waals surface area contributed by atoms with Crippen molar-refractivity contribution >= 4 is 17.9 Å². The molecule has 0 heterocycles. The third kappa shape index (κ3) is 54.9. The molecule has 0 fully saturated rings. The van der Waals surface area contributed by atoms with Crippen molar-refractivity contribution in [1.29, 1.82) is 0 Å². The molecule has 6 nitrogen and oxygen atoms in total. The molecule has 0 aromatic carbocycles. The Balaban J connectivity index is 4.37. The fourth-order valence-corrected chi connectivity index (χ4v) is 7.46. The Morgan fingerprint density at radius 3 is 0.942 bits per heavy atom. The number of carbonyl (C=O) groups is 3. The van der Waals surface area contributed by atoms with E-state index in [0.717, 1.165) is 148 Å². The van der Waals surface area contributed by atoms with Gasteiger partial charge >= 0.3 is 17.9 Å². The molecule has 1 atom stereocenters. The standard InChI is InChI=1S/C63H104O6/c1-4-7-10-13-16-19-22-24-26-27-28-29-30-31-32-33-34-35-37-38-41-44-47-50-53-56-62(65)68-59-60(58-67-61(64)55-52-49-46-43-40-21-18-15-12-9-6-3)69-63(66)57-54-51-48-45-42-39-36-25-23-20-17-14-11-8-5-2/h7,10,15-20,24-26,28-29,31-32,34-36,60H,4-6,8-9,11-14,21-23,27,30,33,37-59H2,1-3H3/b10-7-,18-15-,19-16-,20-17-,26-24-,29-28-,32-31-,35-34-,36-25-. The Morgan fingerprint density at radius 1 is 0.304 bits per heavy atom. The van der Waals surface area contributed by atoms with Gasteiger partial charge in [-0.1, -0.05) is 220 Å². The molecule has 1 unspecified atom stereocenters. The quantitative estimate of drug-likeness (QED) is 0.0262. The summed E-state index contributed by atoms with van der Waals surface area (Å²) < 4.78 is 16.8. The predicted molar refractivity (Wildman–Crippen MR) is 297 cm³/mol. The van der Waals surface area contributed by atoms with Crippen LogP contribution in [-0.2, 0) is 28.6 Å². The number of carbonyl (C=O) groups excluding carboxylic acids is 3. The van der Waals surface area contributed by atoms with Crippen LogP contribution in [0.3, 0.4) is 0 Å². The van der Waals surface area contributed by atoms with Crippen LogP contribution in [0.25, 0.3) is 0 Å². The number of allylic oxidation sites excluding steroid dienone is 18. The minimum atomic E-state index is -0.796. The van der Waals surface area contributed by atoms with E-state index in [1.165, 1.54) is 64.2 Å². The molecule has 0 radical (unpaired) electrons. The molecule has 0 N–H and O–H groups in total. The van der Waals surface area contributed by atoms with E-state index in [1.807, 2.05) is 0 Å². The van der Waals surface area contributed by atoms with Crippen molar-refractivity contribution in [2.24, 2.45) is 0 Å². The van der Waals surface area contributed by atoms with E-state index in [9.17, 15) is 14.4 Å². The first kappa shape index (κ1) is 65.1. The van der Waals surface area contributed by atoms with Crippen molar-refractivity contribution in [3.05, 3.63) is 109 Å². The lowest BCUT2D eigenvalue weighted by atomic mass is 10.1. The molecule has 0 spiro atoms. The molecule has 0 aliphatic heterocycles. The first-order valence-electron chi connectivity index (χ1n) is 28.4. The fraction of sp³-hybridized carbons (Fsp3) is 0.667. The van der Waals surface area contributed by atoms with E-state index in [-0.39, 0.29) is 31.1 Å². The average Bonchev–Trinajstić information content (AvgIpc) is 3.35. The predicted octanol–water partition coefficient (Wildman–Crippen LogP) is 19.1. The molecule has 0 aromatic heterocycles. The maximum absolute atomic E-state index is 12.8. The number of ether oxygens (including phenoxy) is 3. The second-order valence-electron chi connectivity index (χ2n) is 18.5. The van der Waals surface area contributed by atoms with Gasteiger partial charge in [-0.05, 0) is 122 Å². The SMILES string of the molecule is CC/C=C\C/C=C\C/C=C\C/C=C\C/C=C\C/C=C\CCCCCCCCC(=O)OCC(COC(=O)CCCCCCC/C=C\CCCC)OC(=O)CCCCCCC/C=C\C/C=C\CCCCC. The topological polar surface area (TPSA) is 78.9 Å². The zero-order valence-corrected chi connectivity index (χ0v) is 44.8. The first-order valence-corrected chi connectivity index (χ1v) is 28.4. The van der Waals surface area contributed by atoms with Gasteiger partial charge in [0, 0.05) is 19.3 Å². The van der Waals surface area contributed by atoms with Crippen LogP contribution in [0.2, 0.25) is 0 Å². The number of esters is 3. The molecular weight excluding hydrogens is 853 g/mol. The minimum Gasteiger partial charge on any atom is -0.462 e. The van der Waals surface area contributed by atoms with E-state index < -0.39 is 6.10 Å². The Bertz CT molecular complexity index is 1420. The summed E-state index contributed by atoms with van der Waals surface area (Å²) >= 11 is 0. The highest BCUT2D eigenvalue weighted by Crippen LogP contribution is 2.14. The summed E-state index contributed by atoms with van der Waals surface area (Å²) in [5.74, 6) is -0.934. The molecule has 392 valence electrons. The van der Waals surface area contributed by atoms with Gasteiger partial charge in [-0.15, -0.1) is 0 Å². The molecule has 0 saturated carbocycles. The van der Waals surface area contributed by atoms with Crippen molar-refractivity contribution in [1.82, 2.24) is 0 Å². The van der Waals surface area contributed by atoms with Crippen molar-refractivity contribution < 1.29 is 28.6 Å². The Hall–Kier alpha value is -3.93. The average molecular weight is 958 g/mol. The summed E-state index contributed by atoms with van der Waals surface area (Å²) in [5.41, 5.74) is 0. The van der Waals surface area contributed by atoms with Crippen molar-refractivity contribution in [2.75, 3.05) is 13.2 Å². The van der Waals surface area contributed by atoms with E-state index in [4.69, 9.17) is 14.2 Å². The lowest BCUT2D eigenvalue weighted by Gasteiger charge is -2.18. The van der Waals surface area contributed by atoms with E-state index >= 15 is 0 Å². The molecule has 69 heavy (non-hydrogen) atoms. The number of rotatable bonds is 50. The van der Waals surface area contributed by atoms with Gasteiger partial charge in [0.25, 0.3) is 0 Å². The zero-order chi connectivity index (χ0) is 50.0. The highest BCUT2D eigenvalue weighted by Gasteiger charge is 2.19. The summed E-state index contributed by atoms with van der Waals surface area (Å²) in [6.45, 7) is 6.42. The van der Waals surface area contributed by atoms with Gasteiger partial charge in [-0.3, -0.25) is 14.4 Å². The van der Waals surface area contributed by atoms with Crippen molar-refractivity contribution in [3.63, 3.8) is 0 Å². The second-order valence-corrected chi connectivity index (χ2v) is 18.5. The lowest BCUT2D eigenvalue weighted by molar-refractivity contribution is -0.167. The molecule has 0 amide bonds. The van der Waals surface area contributed by atoms with Gasteiger partial charge in [0.15, 0.2) is 6.10 Å². The molecule has 0 aromatic rings. The van der Waals surface area contributed by atoms with Crippen molar-refractivity contribution in [2.45, 2.75) is 258 Å². The van der Waals surface area contributed by atoms with Crippen LogP contribution in [0, 0.1) is 0 Å². The van der Waals surface area contributed by atoms with Crippen LogP contribution in [0.1, 0.15) is 252 Å².